The monoisotopic (exact) mass is 356 g/mol. The van der Waals surface area contributed by atoms with E-state index in [-0.39, 0.29) is 11.8 Å². The first kappa shape index (κ1) is 18.0. The Morgan fingerprint density at radius 2 is 1.77 bits per heavy atom. The lowest BCUT2D eigenvalue weighted by Gasteiger charge is -2.33. The summed E-state index contributed by atoms with van der Waals surface area (Å²) in [5.74, 6) is 0.214. The van der Waals surface area contributed by atoms with Crippen molar-refractivity contribution in [2.24, 2.45) is 0 Å². The zero-order chi connectivity index (χ0) is 18.5. The van der Waals surface area contributed by atoms with Crippen LogP contribution in [-0.4, -0.2) is 68.4 Å². The molecule has 1 aliphatic heterocycles. The Morgan fingerprint density at radius 3 is 2.35 bits per heavy atom. The number of carbonyl (C=O) groups is 2. The van der Waals surface area contributed by atoms with Gasteiger partial charge in [-0.05, 0) is 36.4 Å². The summed E-state index contributed by atoms with van der Waals surface area (Å²) in [6.07, 6.45) is 1.50. The number of carbonyl (C=O) groups excluding carboxylic acids is 2. The second kappa shape index (κ2) is 8.05. The molecule has 0 saturated carbocycles. The first-order valence-electron chi connectivity index (χ1n) is 8.65. The van der Waals surface area contributed by atoms with Gasteiger partial charge >= 0.3 is 0 Å². The topological polar surface area (TPSA) is 69.0 Å². The fraction of sp³-hybridized carbons (Fsp3) is 0.368. The second-order valence-corrected chi connectivity index (χ2v) is 6.54. The van der Waals surface area contributed by atoms with Gasteiger partial charge in [-0.3, -0.25) is 14.5 Å². The van der Waals surface area contributed by atoms with Gasteiger partial charge in [0.2, 0.25) is 5.91 Å². The maximum atomic E-state index is 12.2. The van der Waals surface area contributed by atoms with Crippen molar-refractivity contribution in [2.75, 3.05) is 57.0 Å². The van der Waals surface area contributed by atoms with Crippen LogP contribution in [0.15, 0.2) is 47.1 Å². The van der Waals surface area contributed by atoms with E-state index < -0.39 is 0 Å². The van der Waals surface area contributed by atoms with Crippen molar-refractivity contribution >= 4 is 23.2 Å². The molecule has 1 aliphatic rings. The van der Waals surface area contributed by atoms with Crippen LogP contribution in [0.2, 0.25) is 0 Å². The van der Waals surface area contributed by atoms with E-state index in [1.807, 2.05) is 43.3 Å². The minimum atomic E-state index is -0.0971. The fourth-order valence-electron chi connectivity index (χ4n) is 2.91. The first-order valence-corrected chi connectivity index (χ1v) is 8.65. The van der Waals surface area contributed by atoms with Crippen molar-refractivity contribution in [3.05, 3.63) is 48.4 Å². The highest BCUT2D eigenvalue weighted by Crippen LogP contribution is 2.16. The van der Waals surface area contributed by atoms with Crippen molar-refractivity contribution in [3.63, 3.8) is 0 Å². The van der Waals surface area contributed by atoms with Crippen molar-refractivity contribution < 1.29 is 14.0 Å². The number of anilines is 2. The van der Waals surface area contributed by atoms with Gasteiger partial charge in [0.15, 0.2) is 5.76 Å². The molecule has 7 heteroatoms. The standard InChI is InChI=1S/C19H24N4O3/c1-21(2)16-7-5-15(6-8-16)20-18(24)14-22-9-11-23(12-10-22)19(25)17-4-3-13-26-17/h3-8,13H,9-12,14H2,1-2H3,(H,20,24). The number of nitrogens with zero attached hydrogens (tertiary/aromatic N) is 3. The molecule has 2 aromatic rings. The molecular weight excluding hydrogens is 332 g/mol. The van der Waals surface area contributed by atoms with Crippen LogP contribution in [0.3, 0.4) is 0 Å². The lowest BCUT2D eigenvalue weighted by molar-refractivity contribution is -0.117. The molecule has 26 heavy (non-hydrogen) atoms. The summed E-state index contributed by atoms with van der Waals surface area (Å²) in [7, 11) is 3.95. The molecule has 0 bridgehead atoms. The molecule has 0 spiro atoms. The van der Waals surface area contributed by atoms with Crippen LogP contribution in [0.5, 0.6) is 0 Å². The van der Waals surface area contributed by atoms with Gasteiger partial charge in [0.05, 0.1) is 12.8 Å². The van der Waals surface area contributed by atoms with E-state index in [2.05, 4.69) is 10.2 Å². The Hall–Kier alpha value is -2.80. The summed E-state index contributed by atoms with van der Waals surface area (Å²) in [5.41, 5.74) is 1.87. The average molecular weight is 356 g/mol. The first-order chi connectivity index (χ1) is 12.5. The number of amides is 2. The zero-order valence-corrected chi connectivity index (χ0v) is 15.1. The van der Waals surface area contributed by atoms with Gasteiger partial charge in [-0.2, -0.15) is 0 Å². The lowest BCUT2D eigenvalue weighted by atomic mass is 10.2. The van der Waals surface area contributed by atoms with Crippen molar-refractivity contribution in [1.29, 1.82) is 0 Å². The molecule has 1 N–H and O–H groups in total. The molecule has 3 rings (SSSR count). The Morgan fingerprint density at radius 1 is 1.08 bits per heavy atom. The average Bonchev–Trinajstić information content (AvgIpc) is 3.17. The number of nitrogens with one attached hydrogen (secondary N) is 1. The third-order valence-electron chi connectivity index (χ3n) is 4.43. The minimum Gasteiger partial charge on any atom is -0.459 e. The van der Waals surface area contributed by atoms with E-state index in [9.17, 15) is 9.59 Å². The predicted octanol–water partition coefficient (Wildman–Crippen LogP) is 1.74. The summed E-state index contributed by atoms with van der Waals surface area (Å²) < 4.78 is 5.16. The van der Waals surface area contributed by atoms with Crippen molar-refractivity contribution in [1.82, 2.24) is 9.80 Å². The Labute approximate surface area is 153 Å². The van der Waals surface area contributed by atoms with Crippen LogP contribution in [0.4, 0.5) is 11.4 Å². The molecule has 1 fully saturated rings. The van der Waals surface area contributed by atoms with Crippen LogP contribution in [0.25, 0.3) is 0 Å². The number of rotatable bonds is 5. The Balaban J connectivity index is 1.45. The van der Waals surface area contributed by atoms with E-state index in [1.54, 1.807) is 17.0 Å². The van der Waals surface area contributed by atoms with E-state index in [0.29, 0.717) is 38.5 Å². The number of benzene rings is 1. The van der Waals surface area contributed by atoms with Gasteiger partial charge in [-0.25, -0.2) is 0 Å². The Bertz CT molecular complexity index is 733. The lowest BCUT2D eigenvalue weighted by Crippen LogP contribution is -2.50. The molecule has 7 nitrogen and oxygen atoms in total. The molecule has 2 amide bonds. The number of piperazine rings is 1. The van der Waals surface area contributed by atoms with E-state index in [1.165, 1.54) is 6.26 Å². The SMILES string of the molecule is CN(C)c1ccc(NC(=O)CN2CCN(C(=O)c3ccco3)CC2)cc1. The minimum absolute atomic E-state index is 0.0478. The normalized spacial score (nSPS) is 14.9. The highest BCUT2D eigenvalue weighted by Gasteiger charge is 2.24. The van der Waals surface area contributed by atoms with Crippen LogP contribution < -0.4 is 10.2 Å². The molecule has 0 radical (unpaired) electrons. The molecule has 0 aliphatic carbocycles. The van der Waals surface area contributed by atoms with E-state index in [0.717, 1.165) is 11.4 Å². The molecule has 2 heterocycles. The van der Waals surface area contributed by atoms with Crippen molar-refractivity contribution in [2.45, 2.75) is 0 Å². The van der Waals surface area contributed by atoms with Gasteiger partial charge in [0.1, 0.15) is 0 Å². The summed E-state index contributed by atoms with van der Waals surface area (Å²) in [6, 6.07) is 11.1. The smallest absolute Gasteiger partial charge is 0.289 e. The molecule has 1 aromatic carbocycles. The summed E-state index contributed by atoms with van der Waals surface area (Å²) in [5, 5.41) is 2.92. The van der Waals surface area contributed by atoms with E-state index in [4.69, 9.17) is 4.42 Å². The maximum Gasteiger partial charge on any atom is 0.289 e. The molecule has 1 aromatic heterocycles. The molecule has 0 atom stereocenters. The third-order valence-corrected chi connectivity index (χ3v) is 4.43. The fourth-order valence-corrected chi connectivity index (χ4v) is 2.91. The highest BCUT2D eigenvalue weighted by molar-refractivity contribution is 5.93. The largest absolute Gasteiger partial charge is 0.459 e. The molecule has 1 saturated heterocycles. The second-order valence-electron chi connectivity index (χ2n) is 6.54. The Kier molecular flexibility index (Phi) is 5.58. The molecule has 0 unspecified atom stereocenters. The predicted molar refractivity (Wildman–Crippen MR) is 100 cm³/mol. The van der Waals surface area contributed by atoms with Gasteiger partial charge in [0, 0.05) is 51.6 Å². The van der Waals surface area contributed by atoms with Gasteiger partial charge in [-0.15, -0.1) is 0 Å². The van der Waals surface area contributed by atoms with Gasteiger partial charge < -0.3 is 19.5 Å². The van der Waals surface area contributed by atoms with Crippen LogP contribution in [0, 0.1) is 0 Å². The number of hydrogen-bond donors (Lipinski definition) is 1. The quantitative estimate of drug-likeness (QED) is 0.884. The van der Waals surface area contributed by atoms with Crippen LogP contribution in [0.1, 0.15) is 10.6 Å². The molecule has 138 valence electrons. The summed E-state index contributed by atoms with van der Waals surface area (Å²) in [4.78, 5) is 30.3. The maximum absolute atomic E-state index is 12.2. The van der Waals surface area contributed by atoms with Crippen LogP contribution in [-0.2, 0) is 4.79 Å². The van der Waals surface area contributed by atoms with Gasteiger partial charge in [-0.1, -0.05) is 0 Å². The summed E-state index contributed by atoms with van der Waals surface area (Å²) >= 11 is 0. The summed E-state index contributed by atoms with van der Waals surface area (Å²) in [6.45, 7) is 2.83. The number of furan rings is 1. The van der Waals surface area contributed by atoms with Crippen LogP contribution >= 0.6 is 0 Å². The third kappa shape index (κ3) is 4.43. The number of hydrogen-bond acceptors (Lipinski definition) is 5. The zero-order valence-electron chi connectivity index (χ0n) is 15.1. The van der Waals surface area contributed by atoms with E-state index >= 15 is 0 Å². The van der Waals surface area contributed by atoms with Gasteiger partial charge in [0.25, 0.3) is 5.91 Å². The molecular formula is C19H24N4O3. The van der Waals surface area contributed by atoms with Crippen molar-refractivity contribution in [3.8, 4) is 0 Å². The highest BCUT2D eigenvalue weighted by atomic mass is 16.3.